The van der Waals surface area contributed by atoms with Crippen LogP contribution in [0, 0.1) is 6.92 Å². The lowest BCUT2D eigenvalue weighted by atomic mass is 9.91. The van der Waals surface area contributed by atoms with E-state index in [1.165, 1.54) is 11.8 Å². The number of carbonyl (C=O) groups excluding carboxylic acids is 2. The first kappa shape index (κ1) is 23.1. The predicted octanol–water partition coefficient (Wildman–Crippen LogP) is 4.83. The topological polar surface area (TPSA) is 71.0 Å². The minimum absolute atomic E-state index is 0.0384. The number of hydrogen-bond acceptors (Lipinski definition) is 6. The maximum Gasteiger partial charge on any atom is 0.338 e. The van der Waals surface area contributed by atoms with Crippen molar-refractivity contribution in [3.63, 3.8) is 0 Å². The zero-order chi connectivity index (χ0) is 22.7. The number of carbonyl (C=O) groups is 2. The number of ether oxygens (including phenoxy) is 1. The van der Waals surface area contributed by atoms with E-state index in [0.717, 1.165) is 28.4 Å². The highest BCUT2D eigenvalue weighted by atomic mass is 32.2. The SMILES string of the molecule is CC[C@H](C)NC(=O)CC1=CSC2=NC(C)=C(C(=O)OC(C)C)[C@H](c3ccccc3C)N12. The summed E-state index contributed by atoms with van der Waals surface area (Å²) < 4.78 is 5.59. The van der Waals surface area contributed by atoms with E-state index in [4.69, 9.17) is 9.73 Å². The van der Waals surface area contributed by atoms with Gasteiger partial charge >= 0.3 is 5.97 Å². The van der Waals surface area contributed by atoms with Gasteiger partial charge in [-0.3, -0.25) is 4.79 Å². The highest BCUT2D eigenvalue weighted by Crippen LogP contribution is 2.45. The summed E-state index contributed by atoms with van der Waals surface area (Å²) in [5.74, 6) is -0.410. The van der Waals surface area contributed by atoms with E-state index in [-0.39, 0.29) is 30.4 Å². The number of aryl methyl sites for hydroxylation is 1. The molecule has 3 rings (SSSR count). The molecule has 1 aromatic carbocycles. The van der Waals surface area contributed by atoms with E-state index in [9.17, 15) is 9.59 Å². The molecular formula is C24H31N3O3S. The number of hydrogen-bond donors (Lipinski definition) is 1. The minimum atomic E-state index is -0.391. The molecule has 2 aliphatic heterocycles. The van der Waals surface area contributed by atoms with Crippen molar-refractivity contribution in [3.8, 4) is 0 Å². The molecule has 0 unspecified atom stereocenters. The average molecular weight is 442 g/mol. The van der Waals surface area contributed by atoms with Crippen molar-refractivity contribution in [1.82, 2.24) is 10.2 Å². The van der Waals surface area contributed by atoms with Gasteiger partial charge in [0.15, 0.2) is 5.17 Å². The van der Waals surface area contributed by atoms with Gasteiger partial charge in [-0.1, -0.05) is 43.0 Å². The van der Waals surface area contributed by atoms with Crippen molar-refractivity contribution < 1.29 is 14.3 Å². The molecule has 0 aromatic heterocycles. The second-order valence-corrected chi connectivity index (χ2v) is 9.09. The zero-order valence-corrected chi connectivity index (χ0v) is 19.9. The van der Waals surface area contributed by atoms with Crippen molar-refractivity contribution >= 4 is 28.8 Å². The Morgan fingerprint density at radius 2 is 1.94 bits per heavy atom. The van der Waals surface area contributed by atoms with E-state index >= 15 is 0 Å². The molecule has 1 aromatic rings. The number of amidine groups is 1. The van der Waals surface area contributed by atoms with Gasteiger partial charge in [-0.05, 0) is 57.6 Å². The molecule has 0 bridgehead atoms. The Morgan fingerprint density at radius 3 is 2.58 bits per heavy atom. The third-order valence-electron chi connectivity index (χ3n) is 5.41. The number of amides is 1. The van der Waals surface area contributed by atoms with Crippen molar-refractivity contribution in [2.45, 2.75) is 72.6 Å². The first-order chi connectivity index (χ1) is 14.7. The summed E-state index contributed by atoms with van der Waals surface area (Å²) in [5.41, 5.74) is 4.07. The molecule has 7 heteroatoms. The number of esters is 1. The maximum atomic E-state index is 13.1. The number of rotatable bonds is 7. The van der Waals surface area contributed by atoms with Crippen LogP contribution in [-0.4, -0.2) is 34.1 Å². The first-order valence-corrected chi connectivity index (χ1v) is 11.6. The Morgan fingerprint density at radius 1 is 1.23 bits per heavy atom. The van der Waals surface area contributed by atoms with E-state index in [2.05, 4.69) is 5.32 Å². The molecule has 31 heavy (non-hydrogen) atoms. The summed E-state index contributed by atoms with van der Waals surface area (Å²) in [6, 6.07) is 7.73. The van der Waals surface area contributed by atoms with Gasteiger partial charge in [0.1, 0.15) is 0 Å². The molecule has 0 radical (unpaired) electrons. The second kappa shape index (κ2) is 9.73. The Labute approximate surface area is 188 Å². The summed E-state index contributed by atoms with van der Waals surface area (Å²) in [5, 5.41) is 5.77. The van der Waals surface area contributed by atoms with Crippen LogP contribution in [0.15, 0.2) is 51.6 Å². The van der Waals surface area contributed by atoms with Crippen LogP contribution < -0.4 is 5.32 Å². The van der Waals surface area contributed by atoms with Crippen LogP contribution in [0.4, 0.5) is 0 Å². The Kier molecular flexibility index (Phi) is 7.26. The summed E-state index contributed by atoms with van der Waals surface area (Å²) >= 11 is 1.48. The highest BCUT2D eigenvalue weighted by molar-refractivity contribution is 8.16. The van der Waals surface area contributed by atoms with Crippen molar-refractivity contribution in [2.24, 2.45) is 4.99 Å². The fourth-order valence-corrected chi connectivity index (χ4v) is 4.65. The number of fused-ring (bicyclic) bond motifs is 1. The largest absolute Gasteiger partial charge is 0.459 e. The van der Waals surface area contributed by atoms with Crippen LogP contribution in [0.2, 0.25) is 0 Å². The van der Waals surface area contributed by atoms with Crippen LogP contribution in [0.25, 0.3) is 0 Å². The predicted molar refractivity (Wildman–Crippen MR) is 125 cm³/mol. The van der Waals surface area contributed by atoms with Gasteiger partial charge in [0, 0.05) is 11.7 Å². The van der Waals surface area contributed by atoms with Gasteiger partial charge in [0.05, 0.1) is 29.8 Å². The highest BCUT2D eigenvalue weighted by Gasteiger charge is 2.41. The number of nitrogens with zero attached hydrogens (tertiary/aromatic N) is 2. The lowest BCUT2D eigenvalue weighted by Gasteiger charge is -2.37. The molecule has 2 heterocycles. The summed E-state index contributed by atoms with van der Waals surface area (Å²) in [6.07, 6.45) is 0.860. The summed E-state index contributed by atoms with van der Waals surface area (Å²) in [7, 11) is 0. The van der Waals surface area contributed by atoms with Crippen LogP contribution >= 0.6 is 11.8 Å². The second-order valence-electron chi connectivity index (χ2n) is 8.26. The van der Waals surface area contributed by atoms with E-state index < -0.39 is 6.04 Å². The molecule has 1 N–H and O–H groups in total. The molecule has 2 atom stereocenters. The first-order valence-electron chi connectivity index (χ1n) is 10.7. The lowest BCUT2D eigenvalue weighted by molar-refractivity contribution is -0.143. The molecule has 0 spiro atoms. The monoisotopic (exact) mass is 441 g/mol. The van der Waals surface area contributed by atoms with Gasteiger partial charge in [0.2, 0.25) is 5.91 Å². The molecular weight excluding hydrogens is 410 g/mol. The number of nitrogens with one attached hydrogen (secondary N) is 1. The molecule has 166 valence electrons. The summed E-state index contributed by atoms with van der Waals surface area (Å²) in [6.45, 7) is 11.6. The number of thioether (sulfide) groups is 1. The van der Waals surface area contributed by atoms with Crippen LogP contribution in [0.3, 0.4) is 0 Å². The van der Waals surface area contributed by atoms with E-state index in [1.807, 2.05) is 76.1 Å². The third-order valence-corrected chi connectivity index (χ3v) is 6.30. The number of aliphatic imine (C=N–C) groups is 1. The third kappa shape index (κ3) is 5.03. The zero-order valence-electron chi connectivity index (χ0n) is 19.1. The molecule has 6 nitrogen and oxygen atoms in total. The Balaban J connectivity index is 2.02. The smallest absolute Gasteiger partial charge is 0.338 e. The quantitative estimate of drug-likeness (QED) is 0.614. The van der Waals surface area contributed by atoms with Crippen LogP contribution in [0.1, 0.15) is 64.6 Å². The Bertz CT molecular complexity index is 965. The molecule has 0 aliphatic carbocycles. The van der Waals surface area contributed by atoms with Crippen molar-refractivity contribution in [3.05, 3.63) is 57.8 Å². The van der Waals surface area contributed by atoms with Crippen molar-refractivity contribution in [1.29, 1.82) is 0 Å². The van der Waals surface area contributed by atoms with E-state index in [0.29, 0.717) is 11.3 Å². The standard InChI is InChI=1S/C24H31N3O3S/c1-7-16(5)25-20(28)12-18-13-31-24-26-17(6)21(23(29)30-14(2)3)22(27(18)24)19-11-9-8-10-15(19)4/h8-11,13-14,16,22H,7,12H2,1-6H3,(H,25,28)/t16-,22-/m0/s1. The maximum absolute atomic E-state index is 13.1. The fourth-order valence-electron chi connectivity index (χ4n) is 3.69. The minimum Gasteiger partial charge on any atom is -0.459 e. The Hall–Kier alpha value is -2.54. The molecule has 0 fully saturated rings. The average Bonchev–Trinajstić information content (AvgIpc) is 3.08. The van der Waals surface area contributed by atoms with Crippen LogP contribution in [0.5, 0.6) is 0 Å². The summed E-state index contributed by atoms with van der Waals surface area (Å²) in [4.78, 5) is 32.5. The molecule has 2 aliphatic rings. The van der Waals surface area contributed by atoms with Gasteiger partial charge in [-0.15, -0.1) is 0 Å². The van der Waals surface area contributed by atoms with Gasteiger partial charge < -0.3 is 15.0 Å². The number of benzene rings is 1. The number of allylic oxidation sites excluding steroid dienone is 1. The van der Waals surface area contributed by atoms with Gasteiger partial charge in [-0.25, -0.2) is 9.79 Å². The normalized spacial score (nSPS) is 19.1. The fraction of sp³-hybridized carbons (Fsp3) is 0.458. The van der Waals surface area contributed by atoms with Gasteiger partial charge in [-0.2, -0.15) is 0 Å². The van der Waals surface area contributed by atoms with Crippen LogP contribution in [-0.2, 0) is 14.3 Å². The lowest BCUT2D eigenvalue weighted by Crippen LogP contribution is -2.39. The van der Waals surface area contributed by atoms with Crippen molar-refractivity contribution in [2.75, 3.05) is 0 Å². The molecule has 1 amide bonds. The molecule has 0 saturated carbocycles. The molecule has 0 saturated heterocycles. The van der Waals surface area contributed by atoms with Gasteiger partial charge in [0.25, 0.3) is 0 Å². The van der Waals surface area contributed by atoms with E-state index in [1.54, 1.807) is 0 Å².